The molecule has 1 unspecified atom stereocenters. The third-order valence-corrected chi connectivity index (χ3v) is 5.44. The van der Waals surface area contributed by atoms with Gasteiger partial charge in [-0.1, -0.05) is 60.1 Å². The van der Waals surface area contributed by atoms with Gasteiger partial charge in [0.2, 0.25) is 0 Å². The predicted molar refractivity (Wildman–Crippen MR) is 118 cm³/mol. The fraction of sp³-hybridized carbons (Fsp3) is 0.217. The zero-order valence-corrected chi connectivity index (χ0v) is 17.3. The summed E-state index contributed by atoms with van der Waals surface area (Å²) in [7, 11) is 0. The number of hydroxylamine groups is 1. The summed E-state index contributed by atoms with van der Waals surface area (Å²) in [6.07, 6.45) is 1.93. The first-order valence-corrected chi connectivity index (χ1v) is 10.3. The highest BCUT2D eigenvalue weighted by atomic mass is 35.5. The molecular formula is C23H21ClN4O2. The van der Waals surface area contributed by atoms with Crippen LogP contribution in [-0.4, -0.2) is 27.2 Å². The number of para-hydroxylation sites is 1. The summed E-state index contributed by atoms with van der Waals surface area (Å²) >= 11 is 6.49. The zero-order chi connectivity index (χ0) is 20.5. The molecule has 0 aliphatic carbocycles. The second-order valence-electron chi connectivity index (χ2n) is 7.10. The monoisotopic (exact) mass is 420 g/mol. The molecule has 1 N–H and O–H groups in total. The molecular weight excluding hydrogens is 400 g/mol. The van der Waals surface area contributed by atoms with Gasteiger partial charge in [0.15, 0.2) is 5.15 Å². The van der Waals surface area contributed by atoms with E-state index in [-0.39, 0.29) is 6.10 Å². The minimum Gasteiger partial charge on any atom is -0.374 e. The summed E-state index contributed by atoms with van der Waals surface area (Å²) in [4.78, 5) is 15.1. The van der Waals surface area contributed by atoms with Crippen LogP contribution in [0, 0.1) is 0 Å². The molecule has 0 bridgehead atoms. The highest BCUT2D eigenvalue weighted by Gasteiger charge is 2.23. The van der Waals surface area contributed by atoms with Crippen molar-refractivity contribution in [2.45, 2.75) is 26.2 Å². The van der Waals surface area contributed by atoms with Gasteiger partial charge in [0.1, 0.15) is 24.1 Å². The predicted octanol–water partition coefficient (Wildman–Crippen LogP) is 4.72. The van der Waals surface area contributed by atoms with Crippen LogP contribution in [0.5, 0.6) is 0 Å². The van der Waals surface area contributed by atoms with Gasteiger partial charge in [0.25, 0.3) is 0 Å². The number of imidazole rings is 1. The van der Waals surface area contributed by atoms with Gasteiger partial charge in [-0.2, -0.15) is 0 Å². The van der Waals surface area contributed by atoms with E-state index in [4.69, 9.17) is 26.2 Å². The molecule has 2 aromatic carbocycles. The lowest BCUT2D eigenvalue weighted by atomic mass is 10.1. The van der Waals surface area contributed by atoms with Crippen LogP contribution in [0.15, 0.2) is 60.7 Å². The van der Waals surface area contributed by atoms with Gasteiger partial charge in [0, 0.05) is 12.0 Å². The van der Waals surface area contributed by atoms with Gasteiger partial charge < -0.3 is 9.30 Å². The highest BCUT2D eigenvalue weighted by Crippen LogP contribution is 2.31. The van der Waals surface area contributed by atoms with Gasteiger partial charge in [-0.15, -0.1) is 0 Å². The summed E-state index contributed by atoms with van der Waals surface area (Å²) in [5.74, 6) is 0.803. The van der Waals surface area contributed by atoms with Gasteiger partial charge in [-0.05, 0) is 24.6 Å². The van der Waals surface area contributed by atoms with Crippen LogP contribution < -0.4 is 5.48 Å². The summed E-state index contributed by atoms with van der Waals surface area (Å²) in [5.41, 5.74) is 7.57. The number of aromatic nitrogens is 3. The molecule has 4 aromatic rings. The molecule has 0 saturated heterocycles. The summed E-state index contributed by atoms with van der Waals surface area (Å²) < 4.78 is 7.81. The second-order valence-corrected chi connectivity index (χ2v) is 7.46. The van der Waals surface area contributed by atoms with Crippen molar-refractivity contribution in [3.8, 4) is 0 Å². The maximum atomic E-state index is 6.49. The van der Waals surface area contributed by atoms with E-state index >= 15 is 0 Å². The molecule has 6 nitrogen and oxygen atoms in total. The Morgan fingerprint density at radius 1 is 1.10 bits per heavy atom. The van der Waals surface area contributed by atoms with Crippen LogP contribution in [0.2, 0.25) is 5.15 Å². The topological polar surface area (TPSA) is 61.2 Å². The van der Waals surface area contributed by atoms with Crippen LogP contribution >= 0.6 is 11.6 Å². The van der Waals surface area contributed by atoms with E-state index in [1.807, 2.05) is 49.4 Å². The van der Waals surface area contributed by atoms with Gasteiger partial charge in [-0.25, -0.2) is 9.97 Å². The third kappa shape index (κ3) is 3.43. The van der Waals surface area contributed by atoms with E-state index < -0.39 is 0 Å². The van der Waals surface area contributed by atoms with E-state index in [9.17, 15) is 0 Å². The molecule has 152 valence electrons. The van der Waals surface area contributed by atoms with Crippen molar-refractivity contribution in [3.05, 3.63) is 77.2 Å². The first kappa shape index (κ1) is 19.1. The average molecular weight is 421 g/mol. The Morgan fingerprint density at radius 3 is 2.73 bits per heavy atom. The minimum atomic E-state index is -0.163. The number of benzene rings is 2. The second kappa shape index (κ2) is 8.07. The Morgan fingerprint density at radius 2 is 1.90 bits per heavy atom. The molecule has 0 fully saturated rings. The van der Waals surface area contributed by atoms with Crippen LogP contribution in [0.1, 0.15) is 18.3 Å². The lowest BCUT2D eigenvalue weighted by Crippen LogP contribution is -2.20. The molecule has 1 aliphatic rings. The quantitative estimate of drug-likeness (QED) is 0.457. The Balaban J connectivity index is 1.59. The summed E-state index contributed by atoms with van der Waals surface area (Å²) in [6.45, 7) is 3.54. The van der Waals surface area contributed by atoms with E-state index in [0.29, 0.717) is 30.4 Å². The average Bonchev–Trinajstić information content (AvgIpc) is 3.39. The Bertz CT molecular complexity index is 1240. The number of hydrogen-bond donors (Lipinski definition) is 1. The lowest BCUT2D eigenvalue weighted by molar-refractivity contribution is 0.0405. The molecule has 7 heteroatoms. The van der Waals surface area contributed by atoms with Gasteiger partial charge in [0.05, 0.1) is 23.3 Å². The summed E-state index contributed by atoms with van der Waals surface area (Å²) in [6, 6.07) is 18.1. The van der Waals surface area contributed by atoms with Crippen molar-refractivity contribution in [3.63, 3.8) is 0 Å². The molecule has 0 spiro atoms. The van der Waals surface area contributed by atoms with Crippen LogP contribution in [0.3, 0.4) is 0 Å². The smallest absolute Gasteiger partial charge is 0.157 e. The fourth-order valence-electron chi connectivity index (χ4n) is 3.78. The number of hydrogen-bond acceptors (Lipinski definition) is 5. The number of fused-ring (bicyclic) bond motifs is 3. The van der Waals surface area contributed by atoms with Crippen LogP contribution in [-0.2, 0) is 22.7 Å². The Hall–Kier alpha value is -2.93. The third-order valence-electron chi connectivity index (χ3n) is 5.18. The van der Waals surface area contributed by atoms with Crippen molar-refractivity contribution in [2.24, 2.45) is 0 Å². The van der Waals surface area contributed by atoms with Crippen molar-refractivity contribution >= 4 is 39.2 Å². The maximum Gasteiger partial charge on any atom is 0.157 e. The van der Waals surface area contributed by atoms with E-state index in [1.54, 1.807) is 0 Å². The highest BCUT2D eigenvalue weighted by molar-refractivity contribution is 6.35. The van der Waals surface area contributed by atoms with Crippen LogP contribution in [0.4, 0.5) is 0 Å². The molecule has 1 atom stereocenters. The molecule has 5 rings (SSSR count). The number of pyridine rings is 1. The van der Waals surface area contributed by atoms with E-state index in [0.717, 1.165) is 33.5 Å². The molecule has 1 aliphatic heterocycles. The molecule has 0 amide bonds. The first-order valence-electron chi connectivity index (χ1n) is 9.94. The first-order chi connectivity index (χ1) is 14.7. The molecule has 0 radical (unpaired) electrons. The number of nitrogens with one attached hydrogen (secondary N) is 1. The lowest BCUT2D eigenvalue weighted by Gasteiger charge is -2.14. The summed E-state index contributed by atoms with van der Waals surface area (Å²) in [5, 5.41) is 1.40. The zero-order valence-electron chi connectivity index (χ0n) is 16.5. The normalized spacial score (nSPS) is 16.2. The van der Waals surface area contributed by atoms with E-state index in [2.05, 4.69) is 33.2 Å². The molecule has 0 saturated carbocycles. The molecule has 2 aromatic heterocycles. The van der Waals surface area contributed by atoms with Crippen molar-refractivity contribution in [1.82, 2.24) is 20.0 Å². The molecule has 30 heavy (non-hydrogen) atoms. The van der Waals surface area contributed by atoms with Crippen LogP contribution in [0.25, 0.3) is 27.6 Å². The Labute approximate surface area is 179 Å². The van der Waals surface area contributed by atoms with Crippen molar-refractivity contribution < 1.29 is 9.57 Å². The largest absolute Gasteiger partial charge is 0.374 e. The Kier molecular flexibility index (Phi) is 5.12. The number of rotatable bonds is 6. The standard InChI is InChI=1S/C23H21ClN4O2/c1-2-29-14-20-26-21-22(17-10-6-7-11-18(17)25-23(21)24)28(20)13-16-12-19(27-30-16)15-8-4-3-5-9-15/h3-12,16,27H,2,13-14H2,1H3. The number of halogens is 1. The van der Waals surface area contributed by atoms with E-state index in [1.165, 1.54) is 0 Å². The number of nitrogens with zero attached hydrogens (tertiary/aromatic N) is 3. The SMILES string of the molecule is CCOCc1nc2c(Cl)nc3ccccc3c2n1CC1C=C(c2ccccc2)NO1. The molecule has 3 heterocycles. The van der Waals surface area contributed by atoms with Crippen molar-refractivity contribution in [2.75, 3.05) is 6.61 Å². The number of ether oxygens (including phenoxy) is 1. The van der Waals surface area contributed by atoms with Gasteiger partial charge in [-0.3, -0.25) is 10.3 Å². The van der Waals surface area contributed by atoms with Gasteiger partial charge >= 0.3 is 0 Å². The van der Waals surface area contributed by atoms with Crippen molar-refractivity contribution in [1.29, 1.82) is 0 Å². The minimum absolute atomic E-state index is 0.163. The fourth-order valence-corrected chi connectivity index (χ4v) is 4.01. The maximum absolute atomic E-state index is 6.49.